The summed E-state index contributed by atoms with van der Waals surface area (Å²) in [7, 11) is -3.79. The summed E-state index contributed by atoms with van der Waals surface area (Å²) in [5.74, 6) is -0.164. The second-order valence-electron chi connectivity index (χ2n) is 2.31. The molecule has 0 aliphatic carbocycles. The van der Waals surface area contributed by atoms with Crippen LogP contribution in [0.1, 0.15) is 19.8 Å². The molecule has 0 saturated heterocycles. The minimum absolute atomic E-state index is 0.00463. The lowest BCUT2D eigenvalue weighted by Gasteiger charge is -2.07. The van der Waals surface area contributed by atoms with Gasteiger partial charge in [-0.1, -0.05) is 20.3 Å². The quantitative estimate of drug-likeness (QED) is 0.635. The standard InChI is InChI=1S/C6H13O3S/c1-3-6(4-2)5-10(7,8)9/h6H,1,3-5H2,2H3,(H,7,8,9). The fraction of sp³-hybridized carbons (Fsp3) is 0.833. The number of hydrogen-bond donors (Lipinski definition) is 1. The average Bonchev–Trinajstić information content (AvgIpc) is 1.81. The van der Waals surface area contributed by atoms with Crippen molar-refractivity contribution in [3.63, 3.8) is 0 Å². The Morgan fingerprint density at radius 2 is 2.10 bits per heavy atom. The lowest BCUT2D eigenvalue weighted by molar-refractivity contribution is 0.459. The highest BCUT2D eigenvalue weighted by Gasteiger charge is 2.12. The Morgan fingerprint density at radius 1 is 1.60 bits per heavy atom. The summed E-state index contributed by atoms with van der Waals surface area (Å²) < 4.78 is 29.0. The Labute approximate surface area is 62.2 Å². The minimum atomic E-state index is -3.79. The largest absolute Gasteiger partial charge is 0.286 e. The Hall–Kier alpha value is -0.0900. The molecule has 0 rings (SSSR count). The summed E-state index contributed by atoms with van der Waals surface area (Å²) in [5, 5.41) is 0. The molecule has 1 radical (unpaired) electrons. The summed E-state index contributed by atoms with van der Waals surface area (Å²) >= 11 is 0. The molecule has 1 atom stereocenters. The van der Waals surface area contributed by atoms with Gasteiger partial charge in [-0.25, -0.2) is 0 Å². The van der Waals surface area contributed by atoms with Crippen LogP contribution in [0.2, 0.25) is 0 Å². The van der Waals surface area contributed by atoms with E-state index in [9.17, 15) is 8.42 Å². The molecule has 1 unspecified atom stereocenters. The van der Waals surface area contributed by atoms with Crippen molar-refractivity contribution in [3.8, 4) is 0 Å². The molecule has 10 heavy (non-hydrogen) atoms. The van der Waals surface area contributed by atoms with Gasteiger partial charge in [-0.05, 0) is 12.3 Å². The van der Waals surface area contributed by atoms with E-state index in [4.69, 9.17) is 4.55 Å². The second-order valence-corrected chi connectivity index (χ2v) is 3.81. The van der Waals surface area contributed by atoms with E-state index in [2.05, 4.69) is 6.92 Å². The van der Waals surface area contributed by atoms with Crippen molar-refractivity contribution in [2.45, 2.75) is 19.8 Å². The van der Waals surface area contributed by atoms with Crippen LogP contribution in [-0.2, 0) is 10.1 Å². The first-order chi connectivity index (χ1) is 4.49. The van der Waals surface area contributed by atoms with E-state index in [1.165, 1.54) is 0 Å². The van der Waals surface area contributed by atoms with E-state index in [1.54, 1.807) is 0 Å². The van der Waals surface area contributed by atoms with Crippen LogP contribution in [0, 0.1) is 12.8 Å². The minimum Gasteiger partial charge on any atom is -0.286 e. The molecule has 0 aromatic rings. The number of hydrogen-bond acceptors (Lipinski definition) is 2. The van der Waals surface area contributed by atoms with E-state index in [0.29, 0.717) is 6.42 Å². The van der Waals surface area contributed by atoms with Gasteiger partial charge in [-0.2, -0.15) is 8.42 Å². The highest BCUT2D eigenvalue weighted by molar-refractivity contribution is 7.85. The van der Waals surface area contributed by atoms with Crippen LogP contribution >= 0.6 is 0 Å². The monoisotopic (exact) mass is 165 g/mol. The highest BCUT2D eigenvalue weighted by Crippen LogP contribution is 2.08. The Balaban J connectivity index is 3.87. The maximum atomic E-state index is 10.3. The molecule has 0 fully saturated rings. The molecule has 0 spiro atoms. The van der Waals surface area contributed by atoms with Crippen molar-refractivity contribution in [1.29, 1.82) is 0 Å². The molecule has 4 heteroatoms. The third-order valence-corrected chi connectivity index (χ3v) is 2.32. The lowest BCUT2D eigenvalue weighted by Crippen LogP contribution is -2.13. The summed E-state index contributed by atoms with van der Waals surface area (Å²) in [6.45, 7) is 5.44. The molecular formula is C6H13O3S. The Morgan fingerprint density at radius 3 is 2.20 bits per heavy atom. The molecule has 3 nitrogen and oxygen atoms in total. The van der Waals surface area contributed by atoms with Gasteiger partial charge in [0.2, 0.25) is 0 Å². The normalized spacial score (nSPS) is 12.4. The maximum Gasteiger partial charge on any atom is 0.265 e. The first-order valence-electron chi connectivity index (χ1n) is 3.24. The van der Waals surface area contributed by atoms with Gasteiger partial charge in [0.25, 0.3) is 10.1 Å². The van der Waals surface area contributed by atoms with Gasteiger partial charge in [-0.15, -0.1) is 0 Å². The molecule has 61 valence electrons. The first-order valence-corrected chi connectivity index (χ1v) is 4.85. The third kappa shape index (κ3) is 4.76. The molecule has 0 aliphatic rings. The van der Waals surface area contributed by atoms with Gasteiger partial charge in [0, 0.05) is 0 Å². The van der Waals surface area contributed by atoms with Crippen molar-refractivity contribution < 1.29 is 13.0 Å². The molecular weight excluding hydrogens is 152 g/mol. The third-order valence-electron chi connectivity index (χ3n) is 1.43. The van der Waals surface area contributed by atoms with Crippen LogP contribution in [0.4, 0.5) is 0 Å². The molecule has 1 N–H and O–H groups in total. The predicted molar refractivity (Wildman–Crippen MR) is 40.2 cm³/mol. The fourth-order valence-corrected chi connectivity index (χ4v) is 1.70. The molecule has 0 amide bonds. The molecule has 0 saturated carbocycles. The molecule has 0 bridgehead atoms. The smallest absolute Gasteiger partial charge is 0.265 e. The predicted octanol–water partition coefficient (Wildman–Crippen LogP) is 1.12. The van der Waals surface area contributed by atoms with E-state index in [-0.39, 0.29) is 11.7 Å². The van der Waals surface area contributed by atoms with Crippen LogP contribution in [0.5, 0.6) is 0 Å². The van der Waals surface area contributed by atoms with Gasteiger partial charge >= 0.3 is 0 Å². The van der Waals surface area contributed by atoms with Gasteiger partial charge in [0.15, 0.2) is 0 Å². The Kier molecular flexibility index (Phi) is 3.89. The summed E-state index contributed by atoms with van der Waals surface area (Å²) in [6, 6.07) is 0. The van der Waals surface area contributed by atoms with Gasteiger partial charge < -0.3 is 0 Å². The van der Waals surface area contributed by atoms with Crippen molar-refractivity contribution >= 4 is 10.1 Å². The molecule has 0 aromatic carbocycles. The zero-order valence-electron chi connectivity index (χ0n) is 6.08. The van der Waals surface area contributed by atoms with Crippen molar-refractivity contribution in [2.24, 2.45) is 5.92 Å². The lowest BCUT2D eigenvalue weighted by atomic mass is 10.1. The highest BCUT2D eigenvalue weighted by atomic mass is 32.2. The molecule has 0 aromatic heterocycles. The summed E-state index contributed by atoms with van der Waals surface area (Å²) in [6.07, 6.45) is 1.29. The van der Waals surface area contributed by atoms with Crippen LogP contribution in [0.15, 0.2) is 0 Å². The van der Waals surface area contributed by atoms with E-state index in [1.807, 2.05) is 6.92 Å². The van der Waals surface area contributed by atoms with Gasteiger partial charge in [0.05, 0.1) is 5.75 Å². The number of rotatable bonds is 4. The first kappa shape index (κ1) is 9.91. The molecule has 0 heterocycles. The van der Waals surface area contributed by atoms with Crippen LogP contribution in [0.25, 0.3) is 0 Å². The van der Waals surface area contributed by atoms with Crippen molar-refractivity contribution in [1.82, 2.24) is 0 Å². The average molecular weight is 165 g/mol. The zero-order chi connectivity index (χ0) is 8.20. The SMILES string of the molecule is [CH2]CC(CC)CS(=O)(=O)O. The van der Waals surface area contributed by atoms with Crippen LogP contribution in [0.3, 0.4) is 0 Å². The van der Waals surface area contributed by atoms with Crippen LogP contribution < -0.4 is 0 Å². The Bertz CT molecular complexity index is 167. The van der Waals surface area contributed by atoms with E-state index in [0.717, 1.165) is 6.42 Å². The van der Waals surface area contributed by atoms with Crippen LogP contribution in [-0.4, -0.2) is 18.7 Å². The zero-order valence-corrected chi connectivity index (χ0v) is 6.89. The second kappa shape index (κ2) is 3.93. The topological polar surface area (TPSA) is 54.4 Å². The van der Waals surface area contributed by atoms with Gasteiger partial charge in [0.1, 0.15) is 0 Å². The van der Waals surface area contributed by atoms with E-state index >= 15 is 0 Å². The van der Waals surface area contributed by atoms with Gasteiger partial charge in [-0.3, -0.25) is 4.55 Å². The fourth-order valence-electron chi connectivity index (χ4n) is 0.703. The van der Waals surface area contributed by atoms with Crippen molar-refractivity contribution in [3.05, 3.63) is 6.92 Å². The maximum absolute atomic E-state index is 10.3. The van der Waals surface area contributed by atoms with E-state index < -0.39 is 10.1 Å². The summed E-state index contributed by atoms with van der Waals surface area (Å²) in [4.78, 5) is 0. The summed E-state index contributed by atoms with van der Waals surface area (Å²) in [5.41, 5.74) is 0. The van der Waals surface area contributed by atoms with Crippen molar-refractivity contribution in [2.75, 3.05) is 5.75 Å². The molecule has 0 aliphatic heterocycles.